The van der Waals surface area contributed by atoms with Crippen molar-refractivity contribution < 1.29 is 9.90 Å². The molecule has 0 fully saturated rings. The molecule has 1 heterocycles. The van der Waals surface area contributed by atoms with E-state index in [1.807, 2.05) is 32.0 Å². The van der Waals surface area contributed by atoms with Crippen molar-refractivity contribution in [1.82, 2.24) is 4.98 Å². The first kappa shape index (κ1) is 12.5. The number of hydrogen-bond acceptors (Lipinski definition) is 3. The Morgan fingerprint density at radius 3 is 2.81 bits per heavy atom. The average molecular weight is 222 g/mol. The standard InChI is InChI=1S/C12H18N2O2/c1-3-14(9-5-8-12(15)16)11-7-4-6-10(2)13-11/h4,6-7H,3,5,8-9H2,1-2H3,(H,15,16). The highest BCUT2D eigenvalue weighted by atomic mass is 16.4. The fraction of sp³-hybridized carbons (Fsp3) is 0.500. The van der Waals surface area contributed by atoms with Gasteiger partial charge in [0.05, 0.1) is 0 Å². The molecule has 0 spiro atoms. The third-order valence-electron chi connectivity index (χ3n) is 2.40. The van der Waals surface area contributed by atoms with Gasteiger partial charge in [-0.3, -0.25) is 4.79 Å². The molecule has 16 heavy (non-hydrogen) atoms. The van der Waals surface area contributed by atoms with Crippen LogP contribution in [0.25, 0.3) is 0 Å². The van der Waals surface area contributed by atoms with Gasteiger partial charge in [0.2, 0.25) is 0 Å². The number of nitrogens with zero attached hydrogens (tertiary/aromatic N) is 2. The lowest BCUT2D eigenvalue weighted by Crippen LogP contribution is -2.25. The van der Waals surface area contributed by atoms with Crippen molar-refractivity contribution in [3.05, 3.63) is 23.9 Å². The van der Waals surface area contributed by atoms with Gasteiger partial charge >= 0.3 is 5.97 Å². The maximum absolute atomic E-state index is 10.4. The van der Waals surface area contributed by atoms with Crippen molar-refractivity contribution in [3.63, 3.8) is 0 Å². The SMILES string of the molecule is CCN(CCCC(=O)O)c1cccc(C)n1. The van der Waals surface area contributed by atoms with Gasteiger partial charge in [-0.25, -0.2) is 4.98 Å². The van der Waals surface area contributed by atoms with Crippen LogP contribution in [0.5, 0.6) is 0 Å². The van der Waals surface area contributed by atoms with Crippen LogP contribution in [0.3, 0.4) is 0 Å². The minimum atomic E-state index is -0.742. The van der Waals surface area contributed by atoms with Gasteiger partial charge in [0, 0.05) is 25.2 Å². The Morgan fingerprint density at radius 2 is 2.25 bits per heavy atom. The molecule has 0 aliphatic rings. The fourth-order valence-corrected chi connectivity index (χ4v) is 1.56. The van der Waals surface area contributed by atoms with Gasteiger partial charge in [0.1, 0.15) is 5.82 Å². The van der Waals surface area contributed by atoms with Gasteiger partial charge in [0.25, 0.3) is 0 Å². The zero-order chi connectivity index (χ0) is 12.0. The van der Waals surface area contributed by atoms with Crippen LogP contribution in [0.15, 0.2) is 18.2 Å². The molecular weight excluding hydrogens is 204 g/mol. The van der Waals surface area contributed by atoms with Gasteiger partial charge in [-0.1, -0.05) is 6.07 Å². The first-order chi connectivity index (χ1) is 7.63. The number of anilines is 1. The van der Waals surface area contributed by atoms with Crippen LogP contribution >= 0.6 is 0 Å². The Kier molecular flexibility index (Phi) is 4.76. The first-order valence-corrected chi connectivity index (χ1v) is 5.54. The Labute approximate surface area is 95.9 Å². The normalized spacial score (nSPS) is 10.1. The molecule has 0 aliphatic heterocycles. The quantitative estimate of drug-likeness (QED) is 0.800. The summed E-state index contributed by atoms with van der Waals surface area (Å²) in [4.78, 5) is 16.9. The molecule has 1 aromatic heterocycles. The van der Waals surface area contributed by atoms with Gasteiger partial charge in [0.15, 0.2) is 0 Å². The maximum Gasteiger partial charge on any atom is 0.303 e. The lowest BCUT2D eigenvalue weighted by Gasteiger charge is -2.21. The molecule has 88 valence electrons. The number of rotatable bonds is 6. The molecule has 0 aromatic carbocycles. The van der Waals surface area contributed by atoms with E-state index in [1.54, 1.807) is 0 Å². The minimum Gasteiger partial charge on any atom is -0.481 e. The van der Waals surface area contributed by atoms with Crippen LogP contribution in [-0.4, -0.2) is 29.1 Å². The second-order valence-corrected chi connectivity index (χ2v) is 3.71. The molecule has 1 rings (SSSR count). The molecule has 0 bridgehead atoms. The molecule has 0 amide bonds. The van der Waals surface area contributed by atoms with Crippen LogP contribution in [-0.2, 0) is 4.79 Å². The highest BCUT2D eigenvalue weighted by Gasteiger charge is 2.06. The average Bonchev–Trinajstić information content (AvgIpc) is 2.24. The van der Waals surface area contributed by atoms with Crippen LogP contribution < -0.4 is 4.90 Å². The highest BCUT2D eigenvalue weighted by Crippen LogP contribution is 2.11. The van der Waals surface area contributed by atoms with Crippen molar-refractivity contribution in [2.75, 3.05) is 18.0 Å². The molecule has 0 saturated carbocycles. The van der Waals surface area contributed by atoms with Crippen molar-refractivity contribution in [2.45, 2.75) is 26.7 Å². The molecule has 4 heteroatoms. The van der Waals surface area contributed by atoms with E-state index in [0.29, 0.717) is 6.42 Å². The third-order valence-corrected chi connectivity index (χ3v) is 2.40. The maximum atomic E-state index is 10.4. The van der Waals surface area contributed by atoms with E-state index in [-0.39, 0.29) is 6.42 Å². The van der Waals surface area contributed by atoms with E-state index in [2.05, 4.69) is 9.88 Å². The molecule has 0 aliphatic carbocycles. The number of carbonyl (C=O) groups is 1. The number of aryl methyl sites for hydroxylation is 1. The number of pyridine rings is 1. The third kappa shape index (κ3) is 3.88. The van der Waals surface area contributed by atoms with Crippen LogP contribution in [0.2, 0.25) is 0 Å². The van der Waals surface area contributed by atoms with Crippen LogP contribution in [0.1, 0.15) is 25.5 Å². The molecule has 0 saturated heterocycles. The molecular formula is C12H18N2O2. The summed E-state index contributed by atoms with van der Waals surface area (Å²) in [6.45, 7) is 5.58. The molecule has 1 aromatic rings. The largest absolute Gasteiger partial charge is 0.481 e. The minimum absolute atomic E-state index is 0.211. The monoisotopic (exact) mass is 222 g/mol. The van der Waals surface area contributed by atoms with Gasteiger partial charge in [-0.15, -0.1) is 0 Å². The molecule has 0 unspecified atom stereocenters. The number of carboxylic acids is 1. The van der Waals surface area contributed by atoms with Crippen molar-refractivity contribution in [1.29, 1.82) is 0 Å². The predicted molar refractivity (Wildman–Crippen MR) is 63.7 cm³/mol. The predicted octanol–water partition coefficient (Wildman–Crippen LogP) is 2.08. The number of aromatic nitrogens is 1. The Morgan fingerprint density at radius 1 is 1.50 bits per heavy atom. The molecule has 1 N–H and O–H groups in total. The van der Waals surface area contributed by atoms with E-state index >= 15 is 0 Å². The van der Waals surface area contributed by atoms with Crippen LogP contribution in [0.4, 0.5) is 5.82 Å². The Balaban J connectivity index is 2.57. The summed E-state index contributed by atoms with van der Waals surface area (Å²) in [6.07, 6.45) is 0.862. The summed E-state index contributed by atoms with van der Waals surface area (Å²) >= 11 is 0. The van der Waals surface area contributed by atoms with Crippen molar-refractivity contribution >= 4 is 11.8 Å². The summed E-state index contributed by atoms with van der Waals surface area (Å²) in [5, 5.41) is 8.58. The zero-order valence-electron chi connectivity index (χ0n) is 9.81. The lowest BCUT2D eigenvalue weighted by molar-refractivity contribution is -0.137. The van der Waals surface area contributed by atoms with E-state index in [0.717, 1.165) is 24.6 Å². The number of aliphatic carboxylic acids is 1. The first-order valence-electron chi connectivity index (χ1n) is 5.54. The van der Waals surface area contributed by atoms with Gasteiger partial charge in [-0.05, 0) is 32.4 Å². The summed E-state index contributed by atoms with van der Waals surface area (Å²) in [7, 11) is 0. The summed E-state index contributed by atoms with van der Waals surface area (Å²) in [5.74, 6) is 0.182. The molecule has 0 atom stereocenters. The van der Waals surface area contributed by atoms with E-state index < -0.39 is 5.97 Å². The topological polar surface area (TPSA) is 53.4 Å². The second-order valence-electron chi connectivity index (χ2n) is 3.71. The van der Waals surface area contributed by atoms with Gasteiger partial charge in [-0.2, -0.15) is 0 Å². The van der Waals surface area contributed by atoms with E-state index in [4.69, 9.17) is 5.11 Å². The Bertz CT molecular complexity index is 353. The summed E-state index contributed by atoms with van der Waals surface area (Å²) in [6, 6.07) is 5.88. The van der Waals surface area contributed by atoms with Crippen molar-refractivity contribution in [3.8, 4) is 0 Å². The fourth-order valence-electron chi connectivity index (χ4n) is 1.56. The lowest BCUT2D eigenvalue weighted by atomic mass is 10.3. The summed E-state index contributed by atoms with van der Waals surface area (Å²) < 4.78 is 0. The smallest absolute Gasteiger partial charge is 0.303 e. The van der Waals surface area contributed by atoms with E-state index in [9.17, 15) is 4.79 Å². The van der Waals surface area contributed by atoms with E-state index in [1.165, 1.54) is 0 Å². The number of hydrogen-bond donors (Lipinski definition) is 1. The highest BCUT2D eigenvalue weighted by molar-refractivity contribution is 5.66. The second kappa shape index (κ2) is 6.10. The Hall–Kier alpha value is -1.58. The van der Waals surface area contributed by atoms with Gasteiger partial charge < -0.3 is 10.0 Å². The molecule has 4 nitrogen and oxygen atoms in total. The number of carboxylic acid groups (broad SMARTS) is 1. The van der Waals surface area contributed by atoms with Crippen LogP contribution in [0, 0.1) is 6.92 Å². The zero-order valence-corrected chi connectivity index (χ0v) is 9.81. The summed E-state index contributed by atoms with van der Waals surface area (Å²) in [5.41, 5.74) is 0.981. The van der Waals surface area contributed by atoms with Crippen molar-refractivity contribution in [2.24, 2.45) is 0 Å². The molecule has 0 radical (unpaired) electrons.